The maximum Gasteiger partial charge on any atom is 0.309 e. The van der Waals surface area contributed by atoms with E-state index in [-0.39, 0.29) is 75.7 Å². The maximum atomic E-state index is 14.6. The van der Waals surface area contributed by atoms with Crippen LogP contribution in [0.2, 0.25) is 0 Å². The molecule has 1 amide bonds. The van der Waals surface area contributed by atoms with Crippen LogP contribution >= 0.6 is 0 Å². The summed E-state index contributed by atoms with van der Waals surface area (Å²) >= 11 is 0. The molecule has 0 radical (unpaired) electrons. The molecule has 1 saturated heterocycles. The van der Waals surface area contributed by atoms with Gasteiger partial charge in [-0.25, -0.2) is 0 Å². The minimum atomic E-state index is -1.50. The number of fused-ring (bicyclic) bond motifs is 7. The van der Waals surface area contributed by atoms with Crippen molar-refractivity contribution in [3.05, 3.63) is 11.6 Å². The molecule has 0 aromatic heterocycles. The summed E-state index contributed by atoms with van der Waals surface area (Å²) in [6.45, 7) is 14.7. The summed E-state index contributed by atoms with van der Waals surface area (Å²) in [5.41, 5.74) is 2.01. The normalized spacial score (nSPS) is 49.0. The Labute approximate surface area is 302 Å². The molecule has 0 aromatic rings. The Morgan fingerprint density at radius 1 is 0.902 bits per heavy atom. The molecule has 0 bridgehead atoms. The number of amides is 1. The number of carboxylic acid groups (broad SMARTS) is 1. The van der Waals surface area contributed by atoms with Crippen LogP contribution in [-0.4, -0.2) is 99.5 Å². The van der Waals surface area contributed by atoms with Gasteiger partial charge in [-0.15, -0.1) is 0 Å². The average Bonchev–Trinajstić information content (AvgIpc) is 3.06. The van der Waals surface area contributed by atoms with Crippen molar-refractivity contribution in [1.82, 2.24) is 10.8 Å². The van der Waals surface area contributed by atoms with Gasteiger partial charge in [-0.05, 0) is 110 Å². The standard InChI is InChI=1S/C39H62N2O10/c1-34(2)26-8-11-39(7)32(23(43)16-21-22-17-36(4,33(48)49)13-12-35(22,3)14-15-38(21,39)6)37(26,5)10-9-27(34)41-28(44)18-40-50-20-25-30(46)31(47)29(45)24(19-42)51-25/h16,22,24-27,29-32,40,42,45-47H,8-15,17-20H2,1-7H3,(H,41,44)(H,48,49)/t22-,24+,25-,26?,27-,29-,30-,31-,32+,35+,36-,37-,38+,39+/m0/s1. The molecule has 0 aromatic carbocycles. The van der Waals surface area contributed by atoms with Crippen LogP contribution in [0.3, 0.4) is 0 Å². The van der Waals surface area contributed by atoms with Crippen molar-refractivity contribution in [3.8, 4) is 0 Å². The zero-order chi connectivity index (χ0) is 37.5. The summed E-state index contributed by atoms with van der Waals surface area (Å²) in [5.74, 6) is -0.688. The fourth-order valence-electron chi connectivity index (χ4n) is 12.5. The highest BCUT2D eigenvalue weighted by atomic mass is 16.7. The first kappa shape index (κ1) is 38.8. The van der Waals surface area contributed by atoms with Gasteiger partial charge in [0.1, 0.15) is 30.5 Å². The summed E-state index contributed by atoms with van der Waals surface area (Å²) < 4.78 is 5.45. The van der Waals surface area contributed by atoms with Gasteiger partial charge < -0.3 is 35.6 Å². The molecular weight excluding hydrogens is 656 g/mol. The molecule has 51 heavy (non-hydrogen) atoms. The van der Waals surface area contributed by atoms with Gasteiger partial charge in [0.2, 0.25) is 5.91 Å². The number of allylic oxidation sites excluding steroid dienone is 2. The van der Waals surface area contributed by atoms with E-state index in [4.69, 9.17) is 9.57 Å². The molecule has 6 rings (SSSR count). The minimum absolute atomic E-state index is 0.00296. The number of carbonyl (C=O) groups is 3. The van der Waals surface area contributed by atoms with Crippen molar-refractivity contribution < 1.29 is 49.5 Å². The van der Waals surface area contributed by atoms with E-state index >= 15 is 0 Å². The Hall–Kier alpha value is -1.93. The molecule has 14 atom stereocenters. The molecule has 6 aliphatic rings. The van der Waals surface area contributed by atoms with Crippen molar-refractivity contribution in [2.75, 3.05) is 19.8 Å². The Kier molecular flexibility index (Phi) is 9.98. The number of aliphatic hydroxyl groups is 4. The van der Waals surface area contributed by atoms with E-state index in [2.05, 4.69) is 52.3 Å². The molecule has 0 spiro atoms. The molecule has 12 nitrogen and oxygen atoms in total. The van der Waals surface area contributed by atoms with Crippen LogP contribution in [0.4, 0.5) is 0 Å². The summed E-state index contributed by atoms with van der Waals surface area (Å²) in [4.78, 5) is 45.6. The van der Waals surface area contributed by atoms with E-state index in [1.165, 1.54) is 5.57 Å². The van der Waals surface area contributed by atoms with Crippen LogP contribution in [0.1, 0.15) is 106 Å². The third-order valence-corrected chi connectivity index (χ3v) is 16.0. The Morgan fingerprint density at radius 3 is 2.24 bits per heavy atom. The van der Waals surface area contributed by atoms with Crippen LogP contribution < -0.4 is 10.8 Å². The van der Waals surface area contributed by atoms with Crippen LogP contribution in [0.5, 0.6) is 0 Å². The van der Waals surface area contributed by atoms with Crippen LogP contribution in [0.15, 0.2) is 11.6 Å². The van der Waals surface area contributed by atoms with Crippen molar-refractivity contribution in [2.45, 2.75) is 143 Å². The van der Waals surface area contributed by atoms with Gasteiger partial charge in [0.15, 0.2) is 5.78 Å². The van der Waals surface area contributed by atoms with Gasteiger partial charge in [0, 0.05) is 12.0 Å². The van der Waals surface area contributed by atoms with E-state index in [1.807, 2.05) is 13.0 Å². The van der Waals surface area contributed by atoms with Crippen molar-refractivity contribution >= 4 is 17.7 Å². The number of rotatable bonds is 8. The summed E-state index contributed by atoms with van der Waals surface area (Å²) in [6.07, 6.45) is 3.08. The molecule has 5 fully saturated rings. The zero-order valence-electron chi connectivity index (χ0n) is 31.5. The number of hydrogen-bond donors (Lipinski definition) is 7. The quantitative estimate of drug-likeness (QED) is 0.144. The van der Waals surface area contributed by atoms with Crippen LogP contribution in [0.25, 0.3) is 0 Å². The van der Waals surface area contributed by atoms with Crippen LogP contribution in [-0.2, 0) is 24.0 Å². The number of ether oxygens (including phenoxy) is 1. The third-order valence-electron chi connectivity index (χ3n) is 16.0. The van der Waals surface area contributed by atoms with Gasteiger partial charge in [-0.3, -0.25) is 19.2 Å². The topological polar surface area (TPSA) is 195 Å². The van der Waals surface area contributed by atoms with Gasteiger partial charge in [0.25, 0.3) is 0 Å². The number of nitrogens with one attached hydrogen (secondary N) is 2. The highest BCUT2D eigenvalue weighted by molar-refractivity contribution is 5.95. The van der Waals surface area contributed by atoms with E-state index in [0.29, 0.717) is 12.8 Å². The van der Waals surface area contributed by atoms with Crippen molar-refractivity contribution in [3.63, 3.8) is 0 Å². The fraction of sp³-hybridized carbons (Fsp3) is 0.872. The number of carboxylic acids is 1. The zero-order valence-corrected chi connectivity index (χ0v) is 31.5. The van der Waals surface area contributed by atoms with Crippen molar-refractivity contribution in [2.24, 2.45) is 50.2 Å². The Balaban J connectivity index is 1.14. The van der Waals surface area contributed by atoms with Gasteiger partial charge in [0.05, 0.1) is 25.2 Å². The summed E-state index contributed by atoms with van der Waals surface area (Å²) in [7, 11) is 0. The number of aliphatic hydroxyl groups excluding tert-OH is 4. The molecule has 7 N–H and O–H groups in total. The van der Waals surface area contributed by atoms with Gasteiger partial charge in [-0.1, -0.05) is 47.1 Å². The second kappa shape index (κ2) is 13.1. The Bertz CT molecular complexity index is 1430. The molecule has 1 unspecified atom stereocenters. The van der Waals surface area contributed by atoms with E-state index in [1.54, 1.807) is 0 Å². The summed E-state index contributed by atoms with van der Waals surface area (Å²) in [5, 5.41) is 53.1. The average molecular weight is 719 g/mol. The molecule has 1 aliphatic heterocycles. The highest BCUT2D eigenvalue weighted by Crippen LogP contribution is 2.75. The number of aliphatic carboxylic acids is 1. The first-order valence-electron chi connectivity index (χ1n) is 19.1. The largest absolute Gasteiger partial charge is 0.481 e. The molecule has 1 heterocycles. The lowest BCUT2D eigenvalue weighted by Gasteiger charge is -2.70. The number of ketones is 1. The fourth-order valence-corrected chi connectivity index (χ4v) is 12.5. The lowest BCUT2D eigenvalue weighted by molar-refractivity contribution is -0.242. The first-order valence-corrected chi connectivity index (χ1v) is 19.1. The van der Waals surface area contributed by atoms with Crippen molar-refractivity contribution in [1.29, 1.82) is 0 Å². The van der Waals surface area contributed by atoms with E-state index < -0.39 is 48.5 Å². The second-order valence-corrected chi connectivity index (χ2v) is 19.0. The monoisotopic (exact) mass is 718 g/mol. The first-order chi connectivity index (χ1) is 23.7. The lowest BCUT2D eigenvalue weighted by atomic mass is 9.33. The third kappa shape index (κ3) is 5.94. The highest BCUT2D eigenvalue weighted by Gasteiger charge is 2.70. The van der Waals surface area contributed by atoms with E-state index in [0.717, 1.165) is 44.9 Å². The molecule has 4 saturated carbocycles. The Morgan fingerprint density at radius 2 is 1.57 bits per heavy atom. The molecule has 288 valence electrons. The van der Waals surface area contributed by atoms with Gasteiger partial charge >= 0.3 is 5.97 Å². The van der Waals surface area contributed by atoms with Crippen LogP contribution in [0, 0.1) is 50.2 Å². The van der Waals surface area contributed by atoms with Gasteiger partial charge in [-0.2, -0.15) is 5.48 Å². The number of carbonyl (C=O) groups excluding carboxylic acids is 2. The van der Waals surface area contributed by atoms with E-state index in [9.17, 15) is 39.9 Å². The minimum Gasteiger partial charge on any atom is -0.481 e. The number of hydrogen-bond acceptors (Lipinski definition) is 10. The summed E-state index contributed by atoms with van der Waals surface area (Å²) in [6, 6.07) is -0.119. The SMILES string of the molecule is CC1(C)C2CC[C@]3(C)[C@H](C(=O)C=C4[C@@H]5C[C@@](C)(C(=O)O)CC[C@]5(C)CC[C@]43C)[C@@]2(C)CC[C@@H]1NC(=O)CNOC[C@@H]1O[C@H](CO)[C@H](O)[C@H](O)[C@H]1O. The predicted octanol–water partition coefficient (Wildman–Crippen LogP) is 2.90. The lowest BCUT2D eigenvalue weighted by Crippen LogP contribution is -2.68. The maximum absolute atomic E-state index is 14.6. The number of hydroxylamine groups is 1. The molecular formula is C39H62N2O10. The predicted molar refractivity (Wildman–Crippen MR) is 187 cm³/mol. The second-order valence-electron chi connectivity index (χ2n) is 19.0. The molecule has 12 heteroatoms. The molecule has 5 aliphatic carbocycles. The smallest absolute Gasteiger partial charge is 0.309 e.